The fourth-order valence-electron chi connectivity index (χ4n) is 2.02. The van der Waals surface area contributed by atoms with Crippen LogP contribution in [0.5, 0.6) is 0 Å². The van der Waals surface area contributed by atoms with Crippen molar-refractivity contribution in [2.75, 3.05) is 5.32 Å². The number of halogens is 1. The van der Waals surface area contributed by atoms with E-state index in [1.54, 1.807) is 11.3 Å². The van der Waals surface area contributed by atoms with E-state index in [2.05, 4.69) is 53.6 Å². The van der Waals surface area contributed by atoms with E-state index in [1.165, 1.54) is 11.2 Å². The quantitative estimate of drug-likeness (QED) is 0.833. The molecule has 0 aliphatic heterocycles. The Morgan fingerprint density at radius 2 is 2.11 bits per heavy atom. The van der Waals surface area contributed by atoms with Crippen LogP contribution in [0.3, 0.4) is 0 Å². The van der Waals surface area contributed by atoms with Gasteiger partial charge in [-0.1, -0.05) is 31.5 Å². The van der Waals surface area contributed by atoms with E-state index < -0.39 is 0 Å². The second-order valence-corrected chi connectivity index (χ2v) is 6.30. The Morgan fingerprint density at radius 3 is 2.74 bits per heavy atom. The van der Waals surface area contributed by atoms with E-state index in [0.29, 0.717) is 17.1 Å². The van der Waals surface area contributed by atoms with Crippen molar-refractivity contribution in [3.8, 4) is 0 Å². The zero-order chi connectivity index (χ0) is 13.8. The molecule has 5 heteroatoms. The standard InChI is InChI=1S/C14H18ClN3S/c1-9(2)12-13(15)16-8-17-14(12)18-10(3)7-11-5-4-6-19-11/h4-6,8-10H,7H2,1-3H3,(H,16,17,18). The summed E-state index contributed by atoms with van der Waals surface area (Å²) in [5, 5.41) is 6.08. The second kappa shape index (κ2) is 6.35. The number of thiophene rings is 1. The molecule has 0 fully saturated rings. The smallest absolute Gasteiger partial charge is 0.138 e. The van der Waals surface area contributed by atoms with Gasteiger partial charge in [-0.3, -0.25) is 0 Å². The van der Waals surface area contributed by atoms with Gasteiger partial charge in [0.25, 0.3) is 0 Å². The van der Waals surface area contributed by atoms with E-state index in [9.17, 15) is 0 Å². The average Bonchev–Trinajstić information content (AvgIpc) is 2.81. The van der Waals surface area contributed by atoms with Crippen LogP contribution in [0, 0.1) is 0 Å². The predicted molar refractivity (Wildman–Crippen MR) is 82.2 cm³/mol. The second-order valence-electron chi connectivity index (χ2n) is 4.91. The largest absolute Gasteiger partial charge is 0.367 e. The molecule has 1 atom stereocenters. The van der Waals surface area contributed by atoms with Crippen LogP contribution in [0.2, 0.25) is 5.15 Å². The van der Waals surface area contributed by atoms with Gasteiger partial charge in [-0.05, 0) is 24.3 Å². The molecule has 0 radical (unpaired) electrons. The van der Waals surface area contributed by atoms with Crippen molar-refractivity contribution in [2.24, 2.45) is 0 Å². The van der Waals surface area contributed by atoms with Gasteiger partial charge in [0.05, 0.1) is 0 Å². The molecule has 19 heavy (non-hydrogen) atoms. The molecule has 102 valence electrons. The van der Waals surface area contributed by atoms with E-state index in [4.69, 9.17) is 11.6 Å². The van der Waals surface area contributed by atoms with Gasteiger partial charge >= 0.3 is 0 Å². The molecule has 0 amide bonds. The Hall–Kier alpha value is -1.13. The molecule has 0 aliphatic carbocycles. The molecular weight excluding hydrogens is 278 g/mol. The summed E-state index contributed by atoms with van der Waals surface area (Å²) in [6.07, 6.45) is 2.49. The van der Waals surface area contributed by atoms with Gasteiger partial charge < -0.3 is 5.32 Å². The molecule has 1 unspecified atom stereocenters. The zero-order valence-electron chi connectivity index (χ0n) is 11.4. The van der Waals surface area contributed by atoms with E-state index >= 15 is 0 Å². The summed E-state index contributed by atoms with van der Waals surface area (Å²) in [5.74, 6) is 1.14. The summed E-state index contributed by atoms with van der Waals surface area (Å²) in [4.78, 5) is 9.75. The van der Waals surface area contributed by atoms with Crippen LogP contribution in [0.1, 0.15) is 37.1 Å². The van der Waals surface area contributed by atoms with Gasteiger partial charge in [0, 0.05) is 22.9 Å². The minimum Gasteiger partial charge on any atom is -0.367 e. The first kappa shape index (κ1) is 14.3. The highest BCUT2D eigenvalue weighted by atomic mass is 35.5. The molecule has 0 aliphatic rings. The molecule has 0 bridgehead atoms. The van der Waals surface area contributed by atoms with Crippen LogP contribution < -0.4 is 5.32 Å². The summed E-state index contributed by atoms with van der Waals surface area (Å²) < 4.78 is 0. The highest BCUT2D eigenvalue weighted by Crippen LogP contribution is 2.28. The maximum absolute atomic E-state index is 6.16. The molecule has 0 saturated heterocycles. The third kappa shape index (κ3) is 3.67. The van der Waals surface area contributed by atoms with Gasteiger partial charge in [0.15, 0.2) is 0 Å². The summed E-state index contributed by atoms with van der Waals surface area (Å²) in [7, 11) is 0. The first-order chi connectivity index (χ1) is 9.08. The molecular formula is C14H18ClN3S. The van der Waals surface area contributed by atoms with Gasteiger partial charge in [-0.15, -0.1) is 11.3 Å². The number of nitrogens with one attached hydrogen (secondary N) is 1. The Morgan fingerprint density at radius 1 is 1.32 bits per heavy atom. The summed E-state index contributed by atoms with van der Waals surface area (Å²) in [6, 6.07) is 4.54. The van der Waals surface area contributed by atoms with Crippen LogP contribution >= 0.6 is 22.9 Å². The number of nitrogens with zero attached hydrogens (tertiary/aromatic N) is 2. The van der Waals surface area contributed by atoms with Crippen LogP contribution in [-0.2, 0) is 6.42 Å². The van der Waals surface area contributed by atoms with Crippen LogP contribution in [0.15, 0.2) is 23.8 Å². The Bertz CT molecular complexity index is 525. The number of hydrogen-bond acceptors (Lipinski definition) is 4. The van der Waals surface area contributed by atoms with Crippen molar-refractivity contribution < 1.29 is 0 Å². The third-order valence-electron chi connectivity index (χ3n) is 2.88. The molecule has 2 rings (SSSR count). The first-order valence-corrected chi connectivity index (χ1v) is 7.63. The molecule has 1 N–H and O–H groups in total. The van der Waals surface area contributed by atoms with E-state index in [0.717, 1.165) is 17.8 Å². The maximum atomic E-state index is 6.16. The molecule has 0 saturated carbocycles. The highest BCUT2D eigenvalue weighted by Gasteiger charge is 2.15. The monoisotopic (exact) mass is 295 g/mol. The SMILES string of the molecule is CC(Cc1cccs1)Nc1ncnc(Cl)c1C(C)C. The lowest BCUT2D eigenvalue weighted by Gasteiger charge is -2.18. The van der Waals surface area contributed by atoms with Crippen molar-refractivity contribution in [3.05, 3.63) is 39.4 Å². The maximum Gasteiger partial charge on any atom is 0.138 e. The van der Waals surface area contributed by atoms with Crippen molar-refractivity contribution in [3.63, 3.8) is 0 Å². The lowest BCUT2D eigenvalue weighted by molar-refractivity contribution is 0.776. The fraction of sp³-hybridized carbons (Fsp3) is 0.429. The van der Waals surface area contributed by atoms with Crippen molar-refractivity contribution in [1.29, 1.82) is 0 Å². The fourth-order valence-corrected chi connectivity index (χ4v) is 3.20. The van der Waals surface area contributed by atoms with Crippen LogP contribution in [-0.4, -0.2) is 16.0 Å². The highest BCUT2D eigenvalue weighted by molar-refractivity contribution is 7.09. The third-order valence-corrected chi connectivity index (χ3v) is 4.08. The average molecular weight is 296 g/mol. The molecule has 2 heterocycles. The summed E-state index contributed by atoms with van der Waals surface area (Å²) in [6.45, 7) is 6.35. The van der Waals surface area contributed by atoms with Gasteiger partial charge in [0.2, 0.25) is 0 Å². The van der Waals surface area contributed by atoms with Crippen molar-refractivity contribution >= 4 is 28.8 Å². The van der Waals surface area contributed by atoms with Gasteiger partial charge in [-0.2, -0.15) is 0 Å². The lowest BCUT2D eigenvalue weighted by Crippen LogP contribution is -2.20. The summed E-state index contributed by atoms with van der Waals surface area (Å²) >= 11 is 7.94. The van der Waals surface area contributed by atoms with Gasteiger partial charge in [0.1, 0.15) is 17.3 Å². The number of hydrogen-bond donors (Lipinski definition) is 1. The Balaban J connectivity index is 2.12. The molecule has 3 nitrogen and oxygen atoms in total. The molecule has 2 aromatic rings. The molecule has 0 spiro atoms. The normalized spacial score (nSPS) is 12.7. The Kier molecular flexibility index (Phi) is 4.77. The van der Waals surface area contributed by atoms with Gasteiger partial charge in [-0.25, -0.2) is 9.97 Å². The Labute approximate surface area is 123 Å². The summed E-state index contributed by atoms with van der Waals surface area (Å²) in [5.41, 5.74) is 0.988. The minimum absolute atomic E-state index is 0.296. The van der Waals surface area contributed by atoms with E-state index in [-0.39, 0.29) is 0 Å². The topological polar surface area (TPSA) is 37.8 Å². The number of anilines is 1. The van der Waals surface area contributed by atoms with Crippen LogP contribution in [0.25, 0.3) is 0 Å². The lowest BCUT2D eigenvalue weighted by atomic mass is 10.1. The predicted octanol–water partition coefficient (Wildman–Crippen LogP) is 4.36. The molecule has 2 aromatic heterocycles. The zero-order valence-corrected chi connectivity index (χ0v) is 12.9. The number of aromatic nitrogens is 2. The van der Waals surface area contributed by atoms with Crippen molar-refractivity contribution in [1.82, 2.24) is 9.97 Å². The van der Waals surface area contributed by atoms with Crippen LogP contribution in [0.4, 0.5) is 5.82 Å². The number of rotatable bonds is 5. The van der Waals surface area contributed by atoms with Crippen molar-refractivity contribution in [2.45, 2.75) is 39.2 Å². The minimum atomic E-state index is 0.296. The molecule has 0 aromatic carbocycles. The first-order valence-electron chi connectivity index (χ1n) is 6.37. The van der Waals surface area contributed by atoms with E-state index in [1.807, 2.05) is 0 Å².